The van der Waals surface area contributed by atoms with E-state index in [-0.39, 0.29) is 6.10 Å². The van der Waals surface area contributed by atoms with Crippen LogP contribution in [0.2, 0.25) is 0 Å². The first-order valence-corrected chi connectivity index (χ1v) is 5.87. The molecule has 0 spiro atoms. The Morgan fingerprint density at radius 3 is 2.94 bits per heavy atom. The van der Waals surface area contributed by atoms with E-state index < -0.39 is 5.79 Å². The highest BCUT2D eigenvalue weighted by molar-refractivity contribution is 5.03. The van der Waals surface area contributed by atoms with Gasteiger partial charge in [-0.15, -0.1) is 0 Å². The van der Waals surface area contributed by atoms with E-state index in [1.807, 2.05) is 32.2 Å². The maximum Gasteiger partial charge on any atom is 0.163 e. The molecule has 0 aromatic carbocycles. The van der Waals surface area contributed by atoms with Gasteiger partial charge >= 0.3 is 0 Å². The van der Waals surface area contributed by atoms with Crippen molar-refractivity contribution in [2.24, 2.45) is 0 Å². The third-order valence-corrected chi connectivity index (χ3v) is 2.75. The lowest BCUT2D eigenvalue weighted by Crippen LogP contribution is -2.21. The molecule has 0 aliphatic carbocycles. The summed E-state index contributed by atoms with van der Waals surface area (Å²) in [5, 5.41) is 0. The standard InChI is InChI=1S/C13H19NO2/c1-13(2)15-10-12(16-13)8-5-7-11-6-3-4-9-14-11/h3-4,6,9,12H,5,7-8,10H2,1-2H3. The molecular formula is C13H19NO2. The Hall–Kier alpha value is -0.930. The minimum Gasteiger partial charge on any atom is -0.348 e. The molecule has 2 rings (SSSR count). The quantitative estimate of drug-likeness (QED) is 0.783. The van der Waals surface area contributed by atoms with Crippen LogP contribution in [0.4, 0.5) is 0 Å². The van der Waals surface area contributed by atoms with Crippen molar-refractivity contribution < 1.29 is 9.47 Å². The van der Waals surface area contributed by atoms with Crippen molar-refractivity contribution in [1.29, 1.82) is 0 Å². The fraction of sp³-hybridized carbons (Fsp3) is 0.615. The van der Waals surface area contributed by atoms with Gasteiger partial charge in [-0.1, -0.05) is 6.07 Å². The van der Waals surface area contributed by atoms with E-state index in [1.54, 1.807) is 0 Å². The van der Waals surface area contributed by atoms with Crippen molar-refractivity contribution in [1.82, 2.24) is 4.98 Å². The van der Waals surface area contributed by atoms with Crippen LogP contribution < -0.4 is 0 Å². The first-order valence-electron chi connectivity index (χ1n) is 5.87. The normalized spacial score (nSPS) is 23.5. The largest absolute Gasteiger partial charge is 0.348 e. The minimum absolute atomic E-state index is 0.249. The summed E-state index contributed by atoms with van der Waals surface area (Å²) >= 11 is 0. The molecule has 0 saturated carbocycles. The number of rotatable bonds is 4. The van der Waals surface area contributed by atoms with Gasteiger partial charge in [0.1, 0.15) is 0 Å². The summed E-state index contributed by atoms with van der Waals surface area (Å²) < 4.78 is 11.3. The van der Waals surface area contributed by atoms with Gasteiger partial charge in [0.15, 0.2) is 5.79 Å². The van der Waals surface area contributed by atoms with Crippen LogP contribution in [0.1, 0.15) is 32.4 Å². The molecule has 1 saturated heterocycles. The molecule has 1 atom stereocenters. The van der Waals surface area contributed by atoms with Crippen LogP contribution in [0.15, 0.2) is 24.4 Å². The zero-order valence-electron chi connectivity index (χ0n) is 9.98. The van der Waals surface area contributed by atoms with Gasteiger partial charge in [-0.05, 0) is 45.2 Å². The average Bonchev–Trinajstić information content (AvgIpc) is 2.60. The van der Waals surface area contributed by atoms with Crippen LogP contribution >= 0.6 is 0 Å². The van der Waals surface area contributed by atoms with Crippen molar-refractivity contribution >= 4 is 0 Å². The molecule has 1 aliphatic rings. The van der Waals surface area contributed by atoms with E-state index >= 15 is 0 Å². The van der Waals surface area contributed by atoms with E-state index in [9.17, 15) is 0 Å². The lowest BCUT2D eigenvalue weighted by Gasteiger charge is -2.16. The van der Waals surface area contributed by atoms with Gasteiger partial charge in [-0.25, -0.2) is 0 Å². The molecule has 1 unspecified atom stereocenters. The van der Waals surface area contributed by atoms with Crippen LogP contribution in [0.25, 0.3) is 0 Å². The number of aromatic nitrogens is 1. The summed E-state index contributed by atoms with van der Waals surface area (Å²) in [5.74, 6) is -0.393. The third kappa shape index (κ3) is 3.29. The summed E-state index contributed by atoms with van der Waals surface area (Å²) in [6.45, 7) is 4.65. The maximum atomic E-state index is 5.74. The summed E-state index contributed by atoms with van der Waals surface area (Å²) in [5.41, 5.74) is 1.15. The van der Waals surface area contributed by atoms with Crippen LogP contribution in [0.3, 0.4) is 0 Å². The molecule has 0 N–H and O–H groups in total. The first kappa shape index (κ1) is 11.6. The molecule has 1 aromatic heterocycles. The first-order chi connectivity index (χ1) is 7.66. The van der Waals surface area contributed by atoms with Crippen LogP contribution in [0, 0.1) is 0 Å². The molecular weight excluding hydrogens is 202 g/mol. The van der Waals surface area contributed by atoms with Gasteiger partial charge in [-0.2, -0.15) is 0 Å². The lowest BCUT2D eigenvalue weighted by molar-refractivity contribution is -0.139. The Bertz CT molecular complexity index is 324. The van der Waals surface area contributed by atoms with Crippen LogP contribution in [0.5, 0.6) is 0 Å². The van der Waals surface area contributed by atoms with E-state index in [0.29, 0.717) is 0 Å². The van der Waals surface area contributed by atoms with Crippen LogP contribution in [-0.4, -0.2) is 23.5 Å². The second-order valence-corrected chi connectivity index (χ2v) is 4.66. The van der Waals surface area contributed by atoms with Crippen molar-refractivity contribution in [3.63, 3.8) is 0 Å². The summed E-state index contributed by atoms with van der Waals surface area (Å²) in [6, 6.07) is 6.04. The van der Waals surface area contributed by atoms with E-state index in [2.05, 4.69) is 11.1 Å². The summed E-state index contributed by atoms with van der Waals surface area (Å²) in [4.78, 5) is 4.30. The fourth-order valence-corrected chi connectivity index (χ4v) is 1.96. The van der Waals surface area contributed by atoms with Gasteiger partial charge in [-0.3, -0.25) is 4.98 Å². The molecule has 1 aliphatic heterocycles. The Kier molecular flexibility index (Phi) is 3.56. The Morgan fingerprint density at radius 2 is 2.31 bits per heavy atom. The molecule has 0 bridgehead atoms. The summed E-state index contributed by atoms with van der Waals surface area (Å²) in [7, 11) is 0. The SMILES string of the molecule is CC1(C)OCC(CCCc2ccccn2)O1. The van der Waals surface area contributed by atoms with Crippen molar-refractivity contribution in [3.05, 3.63) is 30.1 Å². The monoisotopic (exact) mass is 221 g/mol. The highest BCUT2D eigenvalue weighted by atomic mass is 16.7. The van der Waals surface area contributed by atoms with Gasteiger partial charge in [0.25, 0.3) is 0 Å². The predicted molar refractivity (Wildman–Crippen MR) is 62.1 cm³/mol. The molecule has 1 aromatic rings. The Morgan fingerprint density at radius 1 is 1.44 bits per heavy atom. The maximum absolute atomic E-state index is 5.74. The lowest BCUT2D eigenvalue weighted by atomic mass is 10.1. The van der Waals surface area contributed by atoms with Crippen LogP contribution in [-0.2, 0) is 15.9 Å². The average molecular weight is 221 g/mol. The van der Waals surface area contributed by atoms with Gasteiger partial charge in [0.2, 0.25) is 0 Å². The Balaban J connectivity index is 1.70. The number of hydrogen-bond acceptors (Lipinski definition) is 3. The van der Waals surface area contributed by atoms with Crippen molar-refractivity contribution in [2.75, 3.05) is 6.61 Å². The minimum atomic E-state index is -0.393. The zero-order chi connectivity index (χ0) is 11.4. The number of nitrogens with zero attached hydrogens (tertiary/aromatic N) is 1. The molecule has 2 heterocycles. The molecule has 3 heteroatoms. The van der Waals surface area contributed by atoms with E-state index in [4.69, 9.17) is 9.47 Å². The molecule has 16 heavy (non-hydrogen) atoms. The Labute approximate surface area is 96.8 Å². The highest BCUT2D eigenvalue weighted by Gasteiger charge is 2.31. The highest BCUT2D eigenvalue weighted by Crippen LogP contribution is 2.25. The molecule has 1 fully saturated rings. The molecule has 0 amide bonds. The predicted octanol–water partition coefficient (Wildman–Crippen LogP) is 2.56. The van der Waals surface area contributed by atoms with Gasteiger partial charge in [0, 0.05) is 11.9 Å². The molecule has 0 radical (unpaired) electrons. The smallest absolute Gasteiger partial charge is 0.163 e. The second-order valence-electron chi connectivity index (χ2n) is 4.66. The fourth-order valence-electron chi connectivity index (χ4n) is 1.96. The number of ether oxygens (including phenoxy) is 2. The third-order valence-electron chi connectivity index (χ3n) is 2.75. The van der Waals surface area contributed by atoms with Gasteiger partial charge < -0.3 is 9.47 Å². The number of aryl methyl sites for hydroxylation is 1. The number of hydrogen-bond donors (Lipinski definition) is 0. The summed E-state index contributed by atoms with van der Waals surface area (Å²) in [6.07, 6.45) is 5.24. The molecule has 3 nitrogen and oxygen atoms in total. The van der Waals surface area contributed by atoms with Crippen molar-refractivity contribution in [2.45, 2.75) is 45.0 Å². The molecule has 88 valence electrons. The van der Waals surface area contributed by atoms with E-state index in [0.717, 1.165) is 31.6 Å². The zero-order valence-corrected chi connectivity index (χ0v) is 9.98. The van der Waals surface area contributed by atoms with Crippen molar-refractivity contribution in [3.8, 4) is 0 Å². The van der Waals surface area contributed by atoms with E-state index in [1.165, 1.54) is 0 Å². The van der Waals surface area contributed by atoms with Gasteiger partial charge in [0.05, 0.1) is 12.7 Å². The topological polar surface area (TPSA) is 31.4 Å². The second kappa shape index (κ2) is 4.93. The number of pyridine rings is 1.